The van der Waals surface area contributed by atoms with Crippen LogP contribution < -0.4 is 0 Å². The van der Waals surface area contributed by atoms with Gasteiger partial charge in [-0.25, -0.2) is 0 Å². The molecule has 0 aromatic carbocycles. The molecule has 0 atom stereocenters. The van der Waals surface area contributed by atoms with Gasteiger partial charge < -0.3 is 9.47 Å². The largest absolute Gasteiger partial charge is 0.349 e. The summed E-state index contributed by atoms with van der Waals surface area (Å²) in [6.07, 6.45) is 1.84. The van der Waals surface area contributed by atoms with Crippen LogP contribution in [0.1, 0.15) is 26.7 Å². The van der Waals surface area contributed by atoms with Crippen LogP contribution >= 0.6 is 31.9 Å². The SMILES string of the molecule is CCC1(CC)OCC(CBr)(CBr)CO1. The third kappa shape index (κ3) is 2.52. The predicted octanol–water partition coefficient (Wildman–Crippen LogP) is 3.33. The molecule has 0 spiro atoms. The molecule has 1 saturated heterocycles. The zero-order valence-electron chi connectivity index (χ0n) is 8.82. The van der Waals surface area contributed by atoms with Crippen molar-refractivity contribution in [2.75, 3.05) is 23.9 Å². The highest BCUT2D eigenvalue weighted by Gasteiger charge is 2.41. The molecule has 4 heteroatoms. The topological polar surface area (TPSA) is 18.5 Å². The van der Waals surface area contributed by atoms with Crippen molar-refractivity contribution in [1.82, 2.24) is 0 Å². The summed E-state index contributed by atoms with van der Waals surface area (Å²) in [7, 11) is 0. The van der Waals surface area contributed by atoms with Gasteiger partial charge >= 0.3 is 0 Å². The van der Waals surface area contributed by atoms with Crippen LogP contribution in [0.15, 0.2) is 0 Å². The Kier molecular flexibility index (Phi) is 4.88. The molecule has 1 fully saturated rings. The standard InChI is InChI=1S/C10H18Br2O2/c1-3-10(4-2)13-7-9(5-11,6-12)8-14-10/h3-8H2,1-2H3. The fourth-order valence-electron chi connectivity index (χ4n) is 1.50. The van der Waals surface area contributed by atoms with E-state index in [-0.39, 0.29) is 11.2 Å². The average molecular weight is 330 g/mol. The van der Waals surface area contributed by atoms with Crippen LogP contribution in [0.4, 0.5) is 0 Å². The first-order chi connectivity index (χ1) is 6.66. The normalized spacial score (nSPS) is 24.9. The van der Waals surface area contributed by atoms with Crippen LogP contribution in [0.3, 0.4) is 0 Å². The lowest BCUT2D eigenvalue weighted by molar-refractivity contribution is -0.298. The Hall–Kier alpha value is 0.880. The molecule has 0 radical (unpaired) electrons. The van der Waals surface area contributed by atoms with E-state index in [4.69, 9.17) is 9.47 Å². The Morgan fingerprint density at radius 3 is 1.71 bits per heavy atom. The van der Waals surface area contributed by atoms with Gasteiger partial charge in [-0.1, -0.05) is 45.7 Å². The van der Waals surface area contributed by atoms with Gasteiger partial charge in [0.1, 0.15) is 0 Å². The van der Waals surface area contributed by atoms with E-state index in [1.165, 1.54) is 0 Å². The van der Waals surface area contributed by atoms with Gasteiger partial charge in [-0.3, -0.25) is 0 Å². The molecule has 1 aliphatic heterocycles. The van der Waals surface area contributed by atoms with Gasteiger partial charge in [0, 0.05) is 16.1 Å². The van der Waals surface area contributed by atoms with E-state index >= 15 is 0 Å². The van der Waals surface area contributed by atoms with Crippen molar-refractivity contribution >= 4 is 31.9 Å². The van der Waals surface area contributed by atoms with E-state index in [2.05, 4.69) is 45.7 Å². The average Bonchev–Trinajstić information content (AvgIpc) is 2.29. The monoisotopic (exact) mass is 328 g/mol. The lowest BCUT2D eigenvalue weighted by atomic mass is 9.93. The summed E-state index contributed by atoms with van der Waals surface area (Å²) in [6, 6.07) is 0. The first-order valence-electron chi connectivity index (χ1n) is 5.06. The maximum absolute atomic E-state index is 5.88. The molecule has 14 heavy (non-hydrogen) atoms. The highest BCUT2D eigenvalue weighted by atomic mass is 79.9. The fourth-order valence-corrected chi connectivity index (χ4v) is 3.08. The zero-order chi connectivity index (χ0) is 10.7. The predicted molar refractivity (Wildman–Crippen MR) is 65.2 cm³/mol. The van der Waals surface area contributed by atoms with Crippen LogP contribution in [0.25, 0.3) is 0 Å². The summed E-state index contributed by atoms with van der Waals surface area (Å²) in [4.78, 5) is 0. The van der Waals surface area contributed by atoms with Gasteiger partial charge in [0.25, 0.3) is 0 Å². The summed E-state index contributed by atoms with van der Waals surface area (Å²) in [5.74, 6) is -0.326. The number of halogens is 2. The van der Waals surface area contributed by atoms with Crippen LogP contribution in [0.2, 0.25) is 0 Å². The van der Waals surface area contributed by atoms with E-state index < -0.39 is 0 Å². The van der Waals surface area contributed by atoms with Gasteiger partial charge in [0.05, 0.1) is 13.2 Å². The molecule has 1 heterocycles. The molecule has 84 valence electrons. The number of alkyl halides is 2. The second-order valence-corrected chi connectivity index (χ2v) is 5.08. The lowest BCUT2D eigenvalue weighted by Gasteiger charge is -2.44. The van der Waals surface area contributed by atoms with Crippen molar-refractivity contribution in [3.63, 3.8) is 0 Å². The van der Waals surface area contributed by atoms with Gasteiger partial charge in [-0.05, 0) is 12.8 Å². The molecule has 0 aliphatic carbocycles. The van der Waals surface area contributed by atoms with E-state index in [0.717, 1.165) is 36.7 Å². The lowest BCUT2D eigenvalue weighted by Crippen LogP contribution is -2.50. The fraction of sp³-hybridized carbons (Fsp3) is 1.00. The van der Waals surface area contributed by atoms with E-state index in [9.17, 15) is 0 Å². The van der Waals surface area contributed by atoms with Crippen molar-refractivity contribution in [2.45, 2.75) is 32.5 Å². The summed E-state index contributed by atoms with van der Waals surface area (Å²) >= 11 is 7.04. The third-order valence-corrected chi connectivity index (χ3v) is 5.31. The molecule has 0 aromatic heterocycles. The highest BCUT2D eigenvalue weighted by molar-refractivity contribution is 9.09. The minimum Gasteiger partial charge on any atom is -0.349 e. The molecule has 0 unspecified atom stereocenters. The van der Waals surface area contributed by atoms with Crippen molar-refractivity contribution in [2.24, 2.45) is 5.41 Å². The second-order valence-electron chi connectivity index (χ2n) is 3.96. The first-order valence-corrected chi connectivity index (χ1v) is 7.30. The van der Waals surface area contributed by atoms with Crippen molar-refractivity contribution < 1.29 is 9.47 Å². The van der Waals surface area contributed by atoms with E-state index in [1.54, 1.807) is 0 Å². The van der Waals surface area contributed by atoms with Crippen LogP contribution in [-0.4, -0.2) is 29.7 Å². The van der Waals surface area contributed by atoms with Crippen molar-refractivity contribution in [3.05, 3.63) is 0 Å². The number of ether oxygens (including phenoxy) is 2. The summed E-state index contributed by atoms with van der Waals surface area (Å²) in [6.45, 7) is 5.76. The molecule has 0 bridgehead atoms. The zero-order valence-corrected chi connectivity index (χ0v) is 12.0. The molecular weight excluding hydrogens is 312 g/mol. The van der Waals surface area contributed by atoms with Crippen LogP contribution in [-0.2, 0) is 9.47 Å². The Balaban J connectivity index is 2.59. The maximum Gasteiger partial charge on any atom is 0.167 e. The van der Waals surface area contributed by atoms with Crippen LogP contribution in [0.5, 0.6) is 0 Å². The maximum atomic E-state index is 5.88. The second kappa shape index (κ2) is 5.28. The molecule has 0 N–H and O–H groups in total. The smallest absolute Gasteiger partial charge is 0.167 e. The van der Waals surface area contributed by atoms with Gasteiger partial charge in [0.2, 0.25) is 0 Å². The van der Waals surface area contributed by atoms with Crippen molar-refractivity contribution in [1.29, 1.82) is 0 Å². The van der Waals surface area contributed by atoms with Gasteiger partial charge in [0.15, 0.2) is 5.79 Å². The Morgan fingerprint density at radius 1 is 1.00 bits per heavy atom. The minimum absolute atomic E-state index is 0.105. The Morgan fingerprint density at radius 2 is 1.43 bits per heavy atom. The van der Waals surface area contributed by atoms with E-state index in [1.807, 2.05) is 0 Å². The quantitative estimate of drug-likeness (QED) is 0.736. The number of hydrogen-bond donors (Lipinski definition) is 0. The summed E-state index contributed by atoms with van der Waals surface area (Å²) in [5, 5.41) is 1.82. The highest BCUT2D eigenvalue weighted by Crippen LogP contribution is 2.36. The number of rotatable bonds is 4. The Bertz CT molecular complexity index is 145. The van der Waals surface area contributed by atoms with Crippen molar-refractivity contribution in [3.8, 4) is 0 Å². The minimum atomic E-state index is -0.326. The summed E-state index contributed by atoms with van der Waals surface area (Å²) < 4.78 is 11.8. The van der Waals surface area contributed by atoms with Gasteiger partial charge in [-0.15, -0.1) is 0 Å². The van der Waals surface area contributed by atoms with Crippen LogP contribution in [0, 0.1) is 5.41 Å². The molecule has 2 nitrogen and oxygen atoms in total. The Labute approximate surface area is 103 Å². The number of hydrogen-bond acceptors (Lipinski definition) is 2. The molecule has 0 aromatic rings. The molecule has 1 aliphatic rings. The molecule has 1 rings (SSSR count). The molecule has 0 saturated carbocycles. The molecule has 0 amide bonds. The van der Waals surface area contributed by atoms with E-state index in [0.29, 0.717) is 0 Å². The van der Waals surface area contributed by atoms with Gasteiger partial charge in [-0.2, -0.15) is 0 Å². The summed E-state index contributed by atoms with van der Waals surface area (Å²) in [5.41, 5.74) is 0.105. The first kappa shape index (κ1) is 12.9. The third-order valence-electron chi connectivity index (χ3n) is 2.93. The molecular formula is C10H18Br2O2.